The third-order valence-corrected chi connectivity index (χ3v) is 4.25. The van der Waals surface area contributed by atoms with E-state index in [4.69, 9.17) is 0 Å². The van der Waals surface area contributed by atoms with Crippen LogP contribution in [0.3, 0.4) is 0 Å². The Labute approximate surface area is 320 Å². The van der Waals surface area contributed by atoms with Crippen LogP contribution < -0.4 is 25.5 Å². The van der Waals surface area contributed by atoms with Crippen LogP contribution >= 0.6 is 239 Å². The summed E-state index contributed by atoms with van der Waals surface area (Å²) < 4.78 is -2.88. The molecule has 0 N–H and O–H groups in total. The summed E-state index contributed by atoms with van der Waals surface area (Å²) in [5.41, 5.74) is 0. The van der Waals surface area contributed by atoms with Crippen molar-refractivity contribution < 1.29 is 44.1 Å². The van der Waals surface area contributed by atoms with E-state index in [2.05, 4.69) is 239 Å². The number of alkyl halides is 15. The molecule has 0 heterocycles. The first-order valence-corrected chi connectivity index (χ1v) is 17.9. The van der Waals surface area contributed by atoms with Crippen LogP contribution in [0.5, 0.6) is 0 Å². The molecule has 0 spiro atoms. The quantitative estimate of drug-likeness (QED) is 0.280. The standard InChI is InChI=1S/5C2H2Br3O.V/c5*3-2(4,5)1-6;/h5*1H2;/q5*-1;+5. The Hall–Kier alpha value is 7.58. The zero-order chi connectivity index (χ0) is 26.0. The summed E-state index contributed by atoms with van der Waals surface area (Å²) in [6.45, 7) is -1.15. The smallest absolute Gasteiger partial charge is 0.852 e. The molecule has 0 saturated carbocycles. The molecule has 0 rings (SSSR count). The summed E-state index contributed by atoms with van der Waals surface area (Å²) >= 11 is 45.0. The molecule has 21 heteroatoms. The average molecular weight is 1460 g/mol. The van der Waals surface area contributed by atoms with Gasteiger partial charge in [-0.05, 0) is 0 Å². The first-order chi connectivity index (χ1) is 12.8. The SMILES string of the molecule is [O-]CC(Br)(Br)Br.[O-]CC(Br)(Br)Br.[O-]CC(Br)(Br)Br.[O-]CC(Br)(Br)Br.[O-]CC(Br)(Br)Br.[V+5]. The number of hydrogen-bond acceptors (Lipinski definition) is 5. The molecule has 0 aliphatic carbocycles. The second kappa shape index (κ2) is 27.7. The molecular formula is C10H10Br15O5V. The maximum absolute atomic E-state index is 9.81. The van der Waals surface area contributed by atoms with Gasteiger partial charge in [0.15, 0.2) is 0 Å². The van der Waals surface area contributed by atoms with E-state index in [1.807, 2.05) is 0 Å². The average Bonchev–Trinajstić information content (AvgIpc) is 2.54. The molecule has 0 radical (unpaired) electrons. The molecular weight excluding hydrogens is 1450 g/mol. The number of hydrogen-bond donors (Lipinski definition) is 0. The van der Waals surface area contributed by atoms with E-state index in [1.165, 1.54) is 0 Å². The predicted molar refractivity (Wildman–Crippen MR) is 172 cm³/mol. The van der Waals surface area contributed by atoms with Crippen molar-refractivity contribution in [1.29, 1.82) is 0 Å². The van der Waals surface area contributed by atoms with Crippen LogP contribution in [-0.2, 0) is 18.6 Å². The summed E-state index contributed by atoms with van der Waals surface area (Å²) in [5, 5.41) is 49.1. The Balaban J connectivity index is -0.0000000625. The van der Waals surface area contributed by atoms with Crippen molar-refractivity contribution in [2.75, 3.05) is 33.0 Å². The third-order valence-electron chi connectivity index (χ3n) is 0.818. The third kappa shape index (κ3) is 93.3. The molecule has 0 amide bonds. The summed E-state index contributed by atoms with van der Waals surface area (Å²) in [6.07, 6.45) is 0. The van der Waals surface area contributed by atoms with Gasteiger partial charge in [-0.1, -0.05) is 239 Å². The summed E-state index contributed by atoms with van der Waals surface area (Å²) in [5.74, 6) is 0. The Morgan fingerprint density at radius 2 is 0.323 bits per heavy atom. The molecule has 190 valence electrons. The first kappa shape index (κ1) is 51.3. The topological polar surface area (TPSA) is 115 Å². The molecule has 31 heavy (non-hydrogen) atoms. The van der Waals surface area contributed by atoms with Gasteiger partial charge < -0.3 is 25.5 Å². The van der Waals surface area contributed by atoms with Gasteiger partial charge in [0.2, 0.25) is 0 Å². The molecule has 0 bridgehead atoms. The van der Waals surface area contributed by atoms with E-state index in [-0.39, 0.29) is 51.6 Å². The maximum atomic E-state index is 9.81. The maximum Gasteiger partial charge on any atom is 5.00 e. The molecule has 0 aromatic rings. The zero-order valence-corrected chi connectivity index (χ0v) is 39.4. The van der Waals surface area contributed by atoms with Gasteiger partial charge in [0, 0.05) is 0 Å². The van der Waals surface area contributed by atoms with Gasteiger partial charge in [0.1, 0.15) is 10.7 Å². The molecule has 0 unspecified atom stereocenters. The van der Waals surface area contributed by atoms with Crippen LogP contribution in [0.4, 0.5) is 0 Å². The minimum Gasteiger partial charge on any atom is -0.852 e. The fourth-order valence-electron chi connectivity index (χ4n) is 0. The van der Waals surface area contributed by atoms with Gasteiger partial charge in [-0.15, -0.1) is 33.0 Å². The summed E-state index contributed by atoms with van der Waals surface area (Å²) in [6, 6.07) is 0. The van der Waals surface area contributed by atoms with Crippen molar-refractivity contribution in [3.63, 3.8) is 0 Å². The summed E-state index contributed by atoms with van der Waals surface area (Å²) in [7, 11) is 0. The second-order valence-corrected chi connectivity index (χ2v) is 40.1. The second-order valence-electron chi connectivity index (χ2n) is 3.80. The van der Waals surface area contributed by atoms with E-state index >= 15 is 0 Å². The van der Waals surface area contributed by atoms with Crippen LogP contribution in [0.15, 0.2) is 0 Å². The van der Waals surface area contributed by atoms with Crippen LogP contribution in [0.1, 0.15) is 0 Å². The van der Waals surface area contributed by atoms with E-state index in [0.29, 0.717) is 0 Å². The van der Waals surface area contributed by atoms with E-state index < -0.39 is 10.7 Å². The van der Waals surface area contributed by atoms with Gasteiger partial charge in [-0.2, -0.15) is 0 Å². The Morgan fingerprint density at radius 3 is 0.323 bits per heavy atom. The monoisotopic (exact) mass is 1440 g/mol. The predicted octanol–water partition coefficient (Wildman–Crippen LogP) is 5.92. The molecule has 5 nitrogen and oxygen atoms in total. The van der Waals surface area contributed by atoms with Gasteiger partial charge >= 0.3 is 18.6 Å². The minimum absolute atomic E-state index is 0. The molecule has 0 aromatic carbocycles. The molecule has 0 saturated heterocycles. The fourth-order valence-corrected chi connectivity index (χ4v) is 0. The van der Waals surface area contributed by atoms with Crippen molar-refractivity contribution in [3.8, 4) is 0 Å². The van der Waals surface area contributed by atoms with Crippen LogP contribution in [0.25, 0.3) is 0 Å². The minimum atomic E-state index is -0.576. The van der Waals surface area contributed by atoms with Crippen molar-refractivity contribution in [1.82, 2.24) is 0 Å². The number of halogens is 15. The van der Waals surface area contributed by atoms with E-state index in [1.54, 1.807) is 0 Å². The van der Waals surface area contributed by atoms with Crippen molar-refractivity contribution in [3.05, 3.63) is 0 Å². The Morgan fingerprint density at radius 1 is 0.290 bits per heavy atom. The summed E-state index contributed by atoms with van der Waals surface area (Å²) in [4.78, 5) is 0. The first-order valence-electron chi connectivity index (χ1n) is 6.05. The molecule has 0 aromatic heterocycles. The van der Waals surface area contributed by atoms with Crippen LogP contribution in [0, 0.1) is 0 Å². The molecule has 0 atom stereocenters. The molecule has 0 aliphatic heterocycles. The van der Waals surface area contributed by atoms with Crippen molar-refractivity contribution >= 4 is 239 Å². The van der Waals surface area contributed by atoms with Crippen LogP contribution in [0.2, 0.25) is 0 Å². The van der Waals surface area contributed by atoms with Gasteiger partial charge in [-0.3, -0.25) is 0 Å². The van der Waals surface area contributed by atoms with E-state index in [9.17, 15) is 25.5 Å². The van der Waals surface area contributed by atoms with Crippen LogP contribution in [-0.4, -0.2) is 43.7 Å². The van der Waals surface area contributed by atoms with Gasteiger partial charge in [-0.25, -0.2) is 0 Å². The molecule has 0 aliphatic rings. The zero-order valence-electron chi connectivity index (χ0n) is 14.2. The van der Waals surface area contributed by atoms with Crippen molar-refractivity contribution in [2.45, 2.75) is 10.7 Å². The largest absolute Gasteiger partial charge is 5.00 e. The van der Waals surface area contributed by atoms with Crippen molar-refractivity contribution in [2.24, 2.45) is 0 Å². The molecule has 0 fully saturated rings. The van der Waals surface area contributed by atoms with E-state index in [0.717, 1.165) is 0 Å². The normalized spacial score (nSPS) is 11.6. The van der Waals surface area contributed by atoms with Gasteiger partial charge in [0.25, 0.3) is 0 Å². The van der Waals surface area contributed by atoms with Gasteiger partial charge in [0.05, 0.1) is 0 Å². The Bertz CT molecular complexity index is 280. The fraction of sp³-hybridized carbons (Fsp3) is 1.00. The Kier molecular flexibility index (Phi) is 45.9. The number of rotatable bonds is 0.